The van der Waals surface area contributed by atoms with Crippen LogP contribution >= 0.6 is 0 Å². The van der Waals surface area contributed by atoms with Crippen LogP contribution in [0, 0.1) is 23.2 Å². The molecule has 0 saturated heterocycles. The summed E-state index contributed by atoms with van der Waals surface area (Å²) in [4.78, 5) is 15.5. The van der Waals surface area contributed by atoms with E-state index in [1.54, 1.807) is 0 Å². The molecule has 0 fully saturated rings. The monoisotopic (exact) mass is 363 g/mol. The maximum Gasteiger partial charge on any atom is 0.250 e. The third kappa shape index (κ3) is 5.47. The number of nitrogens with zero attached hydrogens (tertiary/aromatic N) is 1. The van der Waals surface area contributed by atoms with E-state index in [1.807, 2.05) is 13.8 Å². The molecule has 0 atom stereocenters. The minimum atomic E-state index is 0.0552. The zero-order chi connectivity index (χ0) is 21.0. The van der Waals surface area contributed by atoms with Gasteiger partial charge in [0.2, 0.25) is 0 Å². The highest BCUT2D eigenvalue weighted by molar-refractivity contribution is 5.96. The van der Waals surface area contributed by atoms with Gasteiger partial charge in [-0.25, -0.2) is 0 Å². The molecule has 1 amide bonds. The molecule has 0 aromatic carbocycles. The molecule has 1 aliphatic rings. The number of carbonyl (C=O) groups is 1. The minimum Gasteiger partial charge on any atom is -0.332 e. The SMILES string of the molecule is CC.CC(C)C1=C(C(C)C)C(C(C)C)=C(C(C)(C)C)CN(C(C)C)C1=O. The van der Waals surface area contributed by atoms with Gasteiger partial charge in [0.15, 0.2) is 0 Å². The van der Waals surface area contributed by atoms with Crippen molar-refractivity contribution in [2.24, 2.45) is 23.2 Å². The van der Waals surface area contributed by atoms with Crippen molar-refractivity contribution in [2.45, 2.75) is 96.1 Å². The Morgan fingerprint density at radius 3 is 1.38 bits per heavy atom. The van der Waals surface area contributed by atoms with Gasteiger partial charge in [-0.1, -0.05) is 76.2 Å². The second-order valence-electron chi connectivity index (χ2n) is 9.46. The lowest BCUT2D eigenvalue weighted by Gasteiger charge is -2.34. The lowest BCUT2D eigenvalue weighted by atomic mass is 9.74. The van der Waals surface area contributed by atoms with Gasteiger partial charge >= 0.3 is 0 Å². The van der Waals surface area contributed by atoms with E-state index in [0.29, 0.717) is 11.8 Å². The Balaban J connectivity index is 0.00000301. The van der Waals surface area contributed by atoms with Gasteiger partial charge in [-0.3, -0.25) is 4.79 Å². The van der Waals surface area contributed by atoms with Crippen LogP contribution < -0.4 is 0 Å². The summed E-state index contributed by atoms with van der Waals surface area (Å²) in [7, 11) is 0. The first kappa shape index (κ1) is 24.9. The van der Waals surface area contributed by atoms with Gasteiger partial charge in [-0.15, -0.1) is 0 Å². The molecule has 0 unspecified atom stereocenters. The summed E-state index contributed by atoms with van der Waals surface area (Å²) in [6.07, 6.45) is 0. The molecule has 0 aromatic heterocycles. The second-order valence-corrected chi connectivity index (χ2v) is 9.46. The standard InChI is InChI=1S/C22H39NO.C2H6/c1-13(2)18-17(22(9,10)11)12-23(16(7)8)21(24)20(15(5)6)19(18)14(3)4;1-2/h13-16H,12H2,1-11H3;1-2H3. The molecule has 0 aliphatic carbocycles. The Bertz CT molecular complexity index is 539. The predicted molar refractivity (Wildman–Crippen MR) is 116 cm³/mol. The van der Waals surface area contributed by atoms with Crippen LogP contribution in [0.2, 0.25) is 0 Å². The summed E-state index contributed by atoms with van der Waals surface area (Å²) >= 11 is 0. The first-order chi connectivity index (χ1) is 11.8. The fourth-order valence-electron chi connectivity index (χ4n) is 3.80. The average Bonchev–Trinajstić information content (AvgIpc) is 2.63. The molecule has 0 N–H and O–H groups in total. The zero-order valence-corrected chi connectivity index (χ0v) is 19.9. The number of carbonyl (C=O) groups excluding carboxylic acids is 1. The van der Waals surface area contributed by atoms with Gasteiger partial charge < -0.3 is 4.90 Å². The van der Waals surface area contributed by atoms with Crippen LogP contribution in [0.5, 0.6) is 0 Å². The first-order valence-corrected chi connectivity index (χ1v) is 10.6. The summed E-state index contributed by atoms with van der Waals surface area (Å²) in [6, 6.07) is 0.212. The lowest BCUT2D eigenvalue weighted by Crippen LogP contribution is -2.41. The van der Waals surface area contributed by atoms with Gasteiger partial charge in [-0.05, 0) is 53.7 Å². The molecule has 1 rings (SSSR count). The molecule has 0 spiro atoms. The van der Waals surface area contributed by atoms with Crippen LogP contribution in [-0.4, -0.2) is 23.4 Å². The lowest BCUT2D eigenvalue weighted by molar-refractivity contribution is -0.128. The van der Waals surface area contributed by atoms with Crippen LogP contribution in [0.25, 0.3) is 0 Å². The van der Waals surface area contributed by atoms with Crippen molar-refractivity contribution in [3.05, 3.63) is 22.3 Å². The fraction of sp³-hybridized carbons (Fsp3) is 0.792. The van der Waals surface area contributed by atoms with E-state index < -0.39 is 0 Å². The summed E-state index contributed by atoms with van der Waals surface area (Å²) in [5.74, 6) is 1.25. The van der Waals surface area contributed by atoms with Crippen molar-refractivity contribution in [3.63, 3.8) is 0 Å². The van der Waals surface area contributed by atoms with Gasteiger partial charge in [0.05, 0.1) is 0 Å². The highest BCUT2D eigenvalue weighted by Crippen LogP contribution is 2.42. The number of allylic oxidation sites excluding steroid dienone is 2. The highest BCUT2D eigenvalue weighted by Gasteiger charge is 2.37. The van der Waals surface area contributed by atoms with E-state index in [-0.39, 0.29) is 23.3 Å². The highest BCUT2D eigenvalue weighted by atomic mass is 16.2. The topological polar surface area (TPSA) is 20.3 Å². The molecule has 0 radical (unpaired) electrons. The van der Waals surface area contributed by atoms with Crippen molar-refractivity contribution >= 4 is 5.91 Å². The second kappa shape index (κ2) is 9.76. The summed E-state index contributed by atoms with van der Waals surface area (Å²) in [6.45, 7) is 29.2. The first-order valence-electron chi connectivity index (χ1n) is 10.6. The molecular weight excluding hydrogens is 318 g/mol. The van der Waals surface area contributed by atoms with Gasteiger partial charge in [-0.2, -0.15) is 0 Å². The molecule has 2 nitrogen and oxygen atoms in total. The Morgan fingerprint density at radius 1 is 0.731 bits per heavy atom. The third-order valence-corrected chi connectivity index (χ3v) is 4.99. The van der Waals surface area contributed by atoms with E-state index in [9.17, 15) is 4.79 Å². The van der Waals surface area contributed by atoms with Crippen molar-refractivity contribution in [1.82, 2.24) is 4.90 Å². The van der Waals surface area contributed by atoms with Crippen molar-refractivity contribution in [1.29, 1.82) is 0 Å². The van der Waals surface area contributed by atoms with E-state index in [4.69, 9.17) is 0 Å². The molecule has 1 heterocycles. The Hall–Kier alpha value is -1.05. The van der Waals surface area contributed by atoms with Crippen molar-refractivity contribution in [2.75, 3.05) is 6.54 Å². The summed E-state index contributed by atoms with van der Waals surface area (Å²) in [5.41, 5.74) is 5.25. The largest absolute Gasteiger partial charge is 0.332 e. The van der Waals surface area contributed by atoms with Crippen LogP contribution in [0.15, 0.2) is 22.3 Å². The molecular formula is C24H45NO. The van der Waals surface area contributed by atoms with Crippen LogP contribution in [0.3, 0.4) is 0 Å². The van der Waals surface area contributed by atoms with E-state index in [0.717, 1.165) is 12.1 Å². The molecule has 0 bridgehead atoms. The third-order valence-electron chi connectivity index (χ3n) is 4.99. The smallest absolute Gasteiger partial charge is 0.250 e. The molecule has 0 aromatic rings. The predicted octanol–water partition coefficient (Wildman–Crippen LogP) is 6.87. The average molecular weight is 364 g/mol. The van der Waals surface area contributed by atoms with Crippen molar-refractivity contribution in [3.8, 4) is 0 Å². The quantitative estimate of drug-likeness (QED) is 0.533. The molecule has 1 aliphatic heterocycles. The summed E-state index contributed by atoms with van der Waals surface area (Å²) < 4.78 is 0. The maximum absolute atomic E-state index is 13.4. The summed E-state index contributed by atoms with van der Waals surface area (Å²) in [5, 5.41) is 0. The van der Waals surface area contributed by atoms with E-state index in [1.165, 1.54) is 16.7 Å². The van der Waals surface area contributed by atoms with Crippen LogP contribution in [0.4, 0.5) is 0 Å². The normalized spacial score (nSPS) is 16.8. The maximum atomic E-state index is 13.4. The molecule has 152 valence electrons. The number of amides is 1. The van der Waals surface area contributed by atoms with Gasteiger partial charge in [0.25, 0.3) is 5.91 Å². The molecule has 0 saturated carbocycles. The number of rotatable bonds is 4. The zero-order valence-electron chi connectivity index (χ0n) is 19.9. The van der Waals surface area contributed by atoms with Crippen LogP contribution in [0.1, 0.15) is 90.0 Å². The van der Waals surface area contributed by atoms with Gasteiger partial charge in [0.1, 0.15) is 0 Å². The Kier molecular flexibility index (Phi) is 9.37. The Morgan fingerprint density at radius 2 is 1.12 bits per heavy atom. The number of hydrogen-bond acceptors (Lipinski definition) is 1. The van der Waals surface area contributed by atoms with E-state index >= 15 is 0 Å². The number of hydrogen-bond donors (Lipinski definition) is 0. The molecule has 26 heavy (non-hydrogen) atoms. The van der Waals surface area contributed by atoms with E-state index in [2.05, 4.69) is 81.1 Å². The van der Waals surface area contributed by atoms with Crippen LogP contribution in [-0.2, 0) is 4.79 Å². The van der Waals surface area contributed by atoms with Crippen molar-refractivity contribution < 1.29 is 4.79 Å². The molecule has 2 heteroatoms. The van der Waals surface area contributed by atoms with Gasteiger partial charge in [0, 0.05) is 18.2 Å². The fourth-order valence-corrected chi connectivity index (χ4v) is 3.80. The Labute approximate surface area is 164 Å². The minimum absolute atomic E-state index is 0.0552.